The van der Waals surface area contributed by atoms with Crippen molar-refractivity contribution in [2.45, 2.75) is 180 Å². The zero-order chi connectivity index (χ0) is 23.2. The monoisotopic (exact) mass is 464 g/mol. The quantitative estimate of drug-likeness (QED) is 0.140. The third-order valence-corrected chi connectivity index (χ3v) is 8.30. The molecule has 0 aromatic heterocycles. The van der Waals surface area contributed by atoms with E-state index in [1.54, 1.807) is 0 Å². The van der Waals surface area contributed by atoms with Gasteiger partial charge in [0.1, 0.15) is 0 Å². The molecule has 2 heteroatoms. The van der Waals surface area contributed by atoms with Gasteiger partial charge < -0.3 is 9.47 Å². The maximum Gasteiger partial charge on any atom is 0.0575 e. The summed E-state index contributed by atoms with van der Waals surface area (Å²) < 4.78 is 12.5. The van der Waals surface area contributed by atoms with Crippen LogP contribution in [-0.4, -0.2) is 25.4 Å². The Kier molecular flexibility index (Phi) is 18.7. The summed E-state index contributed by atoms with van der Waals surface area (Å²) in [5.41, 5.74) is 0. The standard InChI is InChI=1S/C31H60O2/c1-2-3-4-5-6-7-8-9-10-11-14-17-27-32-31-24-18-20-29(25-26-31)21-19-28-33-30-22-15-12-13-16-23-30/h29-31H,2-28H2,1H3. The van der Waals surface area contributed by atoms with Crippen molar-refractivity contribution < 1.29 is 9.47 Å². The summed E-state index contributed by atoms with van der Waals surface area (Å²) in [6.45, 7) is 4.30. The second-order valence-corrected chi connectivity index (χ2v) is 11.4. The molecular weight excluding hydrogens is 404 g/mol. The van der Waals surface area contributed by atoms with Crippen LogP contribution < -0.4 is 0 Å². The van der Waals surface area contributed by atoms with Crippen molar-refractivity contribution in [1.29, 1.82) is 0 Å². The molecule has 0 bridgehead atoms. The molecule has 0 aromatic rings. The summed E-state index contributed by atoms with van der Waals surface area (Å²) in [4.78, 5) is 0. The minimum absolute atomic E-state index is 0.546. The van der Waals surface area contributed by atoms with Gasteiger partial charge in [0, 0.05) is 13.2 Å². The minimum atomic E-state index is 0.546. The summed E-state index contributed by atoms with van der Waals surface area (Å²) in [6, 6.07) is 0. The van der Waals surface area contributed by atoms with Gasteiger partial charge in [-0.1, -0.05) is 116 Å². The molecule has 0 aromatic carbocycles. The number of hydrogen-bond acceptors (Lipinski definition) is 2. The second kappa shape index (κ2) is 21.2. The first-order chi connectivity index (χ1) is 16.4. The first kappa shape index (κ1) is 29.2. The van der Waals surface area contributed by atoms with Crippen LogP contribution in [0.1, 0.15) is 167 Å². The Morgan fingerprint density at radius 1 is 0.455 bits per heavy atom. The molecule has 0 aliphatic heterocycles. The lowest BCUT2D eigenvalue weighted by Gasteiger charge is -2.18. The van der Waals surface area contributed by atoms with Gasteiger partial charge in [-0.15, -0.1) is 0 Å². The van der Waals surface area contributed by atoms with E-state index in [-0.39, 0.29) is 0 Å². The van der Waals surface area contributed by atoms with E-state index in [1.165, 1.54) is 161 Å². The summed E-state index contributed by atoms with van der Waals surface area (Å²) in [6.07, 6.45) is 35.8. The molecule has 2 aliphatic rings. The number of rotatable bonds is 19. The molecule has 0 N–H and O–H groups in total. The van der Waals surface area contributed by atoms with E-state index < -0.39 is 0 Å². The van der Waals surface area contributed by atoms with Crippen LogP contribution in [0.25, 0.3) is 0 Å². The molecule has 2 fully saturated rings. The van der Waals surface area contributed by atoms with Crippen LogP contribution in [0, 0.1) is 5.92 Å². The molecule has 2 rings (SSSR count). The summed E-state index contributed by atoms with van der Waals surface area (Å²) >= 11 is 0. The lowest BCUT2D eigenvalue weighted by atomic mass is 9.95. The number of ether oxygens (including phenoxy) is 2. The van der Waals surface area contributed by atoms with Crippen molar-refractivity contribution >= 4 is 0 Å². The van der Waals surface area contributed by atoms with Crippen LogP contribution >= 0.6 is 0 Å². The van der Waals surface area contributed by atoms with Gasteiger partial charge in [-0.3, -0.25) is 0 Å². The van der Waals surface area contributed by atoms with Crippen LogP contribution in [0.2, 0.25) is 0 Å². The SMILES string of the molecule is CCCCCCCCCCCCCCOC1CCCC(CCCOC2CCCCCC2)CC1. The van der Waals surface area contributed by atoms with Gasteiger partial charge in [-0.2, -0.15) is 0 Å². The molecule has 2 saturated carbocycles. The molecule has 0 radical (unpaired) electrons. The zero-order valence-electron chi connectivity index (χ0n) is 22.6. The smallest absolute Gasteiger partial charge is 0.0575 e. The lowest BCUT2D eigenvalue weighted by Crippen LogP contribution is -2.14. The minimum Gasteiger partial charge on any atom is -0.378 e. The molecule has 2 aliphatic carbocycles. The van der Waals surface area contributed by atoms with E-state index in [0.717, 1.165) is 19.1 Å². The number of unbranched alkanes of at least 4 members (excludes halogenated alkanes) is 11. The van der Waals surface area contributed by atoms with Crippen molar-refractivity contribution in [2.24, 2.45) is 5.92 Å². The number of hydrogen-bond donors (Lipinski definition) is 0. The zero-order valence-corrected chi connectivity index (χ0v) is 22.6. The normalized spacial score (nSPS) is 22.8. The van der Waals surface area contributed by atoms with E-state index in [4.69, 9.17) is 9.47 Å². The third-order valence-electron chi connectivity index (χ3n) is 8.30. The van der Waals surface area contributed by atoms with Crippen molar-refractivity contribution in [3.05, 3.63) is 0 Å². The van der Waals surface area contributed by atoms with E-state index in [0.29, 0.717) is 12.2 Å². The van der Waals surface area contributed by atoms with E-state index in [2.05, 4.69) is 6.92 Å². The second-order valence-electron chi connectivity index (χ2n) is 11.4. The molecule has 0 amide bonds. The molecule has 0 heterocycles. The molecular formula is C31H60O2. The fraction of sp³-hybridized carbons (Fsp3) is 1.00. The molecule has 2 atom stereocenters. The van der Waals surface area contributed by atoms with Crippen LogP contribution in [0.5, 0.6) is 0 Å². The van der Waals surface area contributed by atoms with Crippen LogP contribution in [-0.2, 0) is 9.47 Å². The topological polar surface area (TPSA) is 18.5 Å². The Morgan fingerprint density at radius 3 is 1.61 bits per heavy atom. The highest BCUT2D eigenvalue weighted by atomic mass is 16.5. The highest BCUT2D eigenvalue weighted by Gasteiger charge is 2.19. The van der Waals surface area contributed by atoms with Crippen LogP contribution in [0.15, 0.2) is 0 Å². The molecule has 2 unspecified atom stereocenters. The maximum absolute atomic E-state index is 6.30. The highest BCUT2D eigenvalue weighted by molar-refractivity contribution is 4.71. The summed E-state index contributed by atoms with van der Waals surface area (Å²) in [7, 11) is 0. The van der Waals surface area contributed by atoms with Gasteiger partial charge in [-0.05, 0) is 57.3 Å². The molecule has 2 nitrogen and oxygen atoms in total. The summed E-state index contributed by atoms with van der Waals surface area (Å²) in [5, 5.41) is 0. The van der Waals surface area contributed by atoms with Crippen molar-refractivity contribution in [3.8, 4) is 0 Å². The highest BCUT2D eigenvalue weighted by Crippen LogP contribution is 2.29. The first-order valence-corrected chi connectivity index (χ1v) is 15.6. The fourth-order valence-corrected chi connectivity index (χ4v) is 6.02. The maximum atomic E-state index is 6.30. The Balaban J connectivity index is 1.35. The van der Waals surface area contributed by atoms with E-state index in [9.17, 15) is 0 Å². The largest absolute Gasteiger partial charge is 0.378 e. The lowest BCUT2D eigenvalue weighted by molar-refractivity contribution is 0.0365. The average molecular weight is 465 g/mol. The van der Waals surface area contributed by atoms with Crippen LogP contribution in [0.3, 0.4) is 0 Å². The molecule has 196 valence electrons. The van der Waals surface area contributed by atoms with Gasteiger partial charge >= 0.3 is 0 Å². The fourth-order valence-electron chi connectivity index (χ4n) is 6.02. The Labute approximate surface area is 208 Å². The van der Waals surface area contributed by atoms with Crippen molar-refractivity contribution in [2.75, 3.05) is 13.2 Å². The molecule has 0 spiro atoms. The average Bonchev–Trinajstić information content (AvgIpc) is 3.23. The Hall–Kier alpha value is -0.0800. The molecule has 33 heavy (non-hydrogen) atoms. The third kappa shape index (κ3) is 16.3. The van der Waals surface area contributed by atoms with Gasteiger partial charge in [-0.25, -0.2) is 0 Å². The Bertz CT molecular complexity index is 402. The summed E-state index contributed by atoms with van der Waals surface area (Å²) in [5.74, 6) is 0.919. The van der Waals surface area contributed by atoms with Gasteiger partial charge in [0.15, 0.2) is 0 Å². The Morgan fingerprint density at radius 2 is 0.970 bits per heavy atom. The van der Waals surface area contributed by atoms with E-state index >= 15 is 0 Å². The van der Waals surface area contributed by atoms with Crippen LogP contribution in [0.4, 0.5) is 0 Å². The van der Waals surface area contributed by atoms with Gasteiger partial charge in [0.2, 0.25) is 0 Å². The van der Waals surface area contributed by atoms with Gasteiger partial charge in [0.05, 0.1) is 12.2 Å². The predicted octanol–water partition coefficient (Wildman–Crippen LogP) is 10.2. The van der Waals surface area contributed by atoms with Gasteiger partial charge in [0.25, 0.3) is 0 Å². The van der Waals surface area contributed by atoms with Crippen molar-refractivity contribution in [3.63, 3.8) is 0 Å². The predicted molar refractivity (Wildman–Crippen MR) is 144 cm³/mol. The first-order valence-electron chi connectivity index (χ1n) is 15.6. The van der Waals surface area contributed by atoms with E-state index in [1.807, 2.05) is 0 Å². The molecule has 0 saturated heterocycles. The van der Waals surface area contributed by atoms with Crippen molar-refractivity contribution in [1.82, 2.24) is 0 Å².